The molecule has 3 nitrogen and oxygen atoms in total. The van der Waals surface area contributed by atoms with Crippen molar-refractivity contribution < 1.29 is 4.79 Å². The molecule has 0 radical (unpaired) electrons. The standard InChI is InChI=1S/C19H28N2O.ClH/c1-18(2,14-16-6-4-3-5-7-16)17(22)21-12-9-19(10-13-21)8-11-20-15-19;/h3-7,20H,8-15H2,1-2H3;1H. The Hall–Kier alpha value is -1.06. The van der Waals surface area contributed by atoms with E-state index in [0.717, 1.165) is 45.4 Å². The van der Waals surface area contributed by atoms with Gasteiger partial charge in [-0.1, -0.05) is 44.2 Å². The maximum atomic E-state index is 12.9. The first kappa shape index (κ1) is 18.3. The summed E-state index contributed by atoms with van der Waals surface area (Å²) in [5.74, 6) is 0.317. The number of hydrogen-bond donors (Lipinski definition) is 1. The van der Waals surface area contributed by atoms with Crippen molar-refractivity contribution in [1.29, 1.82) is 0 Å². The van der Waals surface area contributed by atoms with Gasteiger partial charge in [-0.15, -0.1) is 12.4 Å². The summed E-state index contributed by atoms with van der Waals surface area (Å²) in [5, 5.41) is 3.49. The molecule has 0 aromatic heterocycles. The summed E-state index contributed by atoms with van der Waals surface area (Å²) in [5.41, 5.74) is 1.40. The molecule has 1 aromatic carbocycles. The fraction of sp³-hybridized carbons (Fsp3) is 0.632. The first-order valence-corrected chi connectivity index (χ1v) is 8.55. The van der Waals surface area contributed by atoms with Crippen LogP contribution in [0, 0.1) is 10.8 Å². The Morgan fingerprint density at radius 2 is 1.83 bits per heavy atom. The minimum absolute atomic E-state index is 0. The zero-order valence-electron chi connectivity index (χ0n) is 14.3. The van der Waals surface area contributed by atoms with Gasteiger partial charge in [-0.05, 0) is 43.2 Å². The van der Waals surface area contributed by atoms with Crippen LogP contribution >= 0.6 is 12.4 Å². The van der Waals surface area contributed by atoms with E-state index in [0.29, 0.717) is 11.3 Å². The van der Waals surface area contributed by atoms with Crippen LogP contribution in [0.4, 0.5) is 0 Å². The Bertz CT molecular complexity index is 513. The van der Waals surface area contributed by atoms with Gasteiger partial charge < -0.3 is 10.2 Å². The third kappa shape index (κ3) is 4.07. The Morgan fingerprint density at radius 1 is 1.17 bits per heavy atom. The van der Waals surface area contributed by atoms with E-state index in [-0.39, 0.29) is 17.8 Å². The van der Waals surface area contributed by atoms with Gasteiger partial charge in [-0.2, -0.15) is 0 Å². The van der Waals surface area contributed by atoms with Gasteiger partial charge in [0.1, 0.15) is 0 Å². The summed E-state index contributed by atoms with van der Waals surface area (Å²) in [6.07, 6.45) is 4.42. The molecule has 0 unspecified atom stereocenters. The molecular formula is C19H29ClN2O. The Labute approximate surface area is 146 Å². The number of benzene rings is 1. The lowest BCUT2D eigenvalue weighted by molar-refractivity contribution is -0.142. The van der Waals surface area contributed by atoms with Crippen LogP contribution in [0.2, 0.25) is 0 Å². The molecule has 1 spiro atoms. The molecule has 2 aliphatic heterocycles. The van der Waals surface area contributed by atoms with Gasteiger partial charge in [0.25, 0.3) is 0 Å². The summed E-state index contributed by atoms with van der Waals surface area (Å²) in [6.45, 7) is 8.32. The highest BCUT2D eigenvalue weighted by Gasteiger charge is 2.40. The molecule has 128 valence electrons. The van der Waals surface area contributed by atoms with Crippen LogP contribution in [0.1, 0.15) is 38.7 Å². The van der Waals surface area contributed by atoms with Crippen molar-refractivity contribution >= 4 is 18.3 Å². The highest BCUT2D eigenvalue weighted by molar-refractivity contribution is 5.85. The van der Waals surface area contributed by atoms with Crippen molar-refractivity contribution in [3.05, 3.63) is 35.9 Å². The van der Waals surface area contributed by atoms with Crippen LogP contribution in [0.5, 0.6) is 0 Å². The monoisotopic (exact) mass is 336 g/mol. The second-order valence-corrected chi connectivity index (χ2v) is 7.77. The predicted octanol–water partition coefficient (Wildman–Crippen LogP) is 3.28. The first-order chi connectivity index (χ1) is 10.5. The molecule has 1 N–H and O–H groups in total. The van der Waals surface area contributed by atoms with E-state index in [1.54, 1.807) is 0 Å². The number of amides is 1. The second-order valence-electron chi connectivity index (χ2n) is 7.77. The van der Waals surface area contributed by atoms with Crippen LogP contribution in [-0.2, 0) is 11.2 Å². The molecule has 0 bridgehead atoms. The normalized spacial score (nSPS) is 20.3. The van der Waals surface area contributed by atoms with Gasteiger partial charge in [-0.3, -0.25) is 4.79 Å². The van der Waals surface area contributed by atoms with E-state index in [2.05, 4.69) is 36.2 Å². The summed E-state index contributed by atoms with van der Waals surface area (Å²) in [4.78, 5) is 15.0. The zero-order chi connectivity index (χ0) is 15.6. The van der Waals surface area contributed by atoms with Crippen LogP contribution in [0.3, 0.4) is 0 Å². The largest absolute Gasteiger partial charge is 0.342 e. The fourth-order valence-electron chi connectivity index (χ4n) is 4.02. The molecular weight excluding hydrogens is 308 g/mol. The second kappa shape index (κ2) is 7.23. The summed E-state index contributed by atoms with van der Waals surface area (Å²) < 4.78 is 0. The zero-order valence-corrected chi connectivity index (χ0v) is 15.1. The van der Waals surface area contributed by atoms with E-state index in [4.69, 9.17) is 0 Å². The molecule has 2 fully saturated rings. The third-order valence-corrected chi connectivity index (χ3v) is 5.51. The first-order valence-electron chi connectivity index (χ1n) is 8.55. The molecule has 4 heteroatoms. The Kier molecular flexibility index (Phi) is 5.74. The van der Waals surface area contributed by atoms with E-state index in [1.165, 1.54) is 12.0 Å². The minimum atomic E-state index is -0.320. The Balaban J connectivity index is 0.00000192. The summed E-state index contributed by atoms with van der Waals surface area (Å²) in [7, 11) is 0. The van der Waals surface area contributed by atoms with Crippen molar-refractivity contribution in [3.63, 3.8) is 0 Å². The molecule has 2 heterocycles. The van der Waals surface area contributed by atoms with Gasteiger partial charge >= 0.3 is 0 Å². The number of nitrogens with one attached hydrogen (secondary N) is 1. The van der Waals surface area contributed by atoms with E-state index in [1.807, 2.05) is 18.2 Å². The lowest BCUT2D eigenvalue weighted by Crippen LogP contribution is -2.49. The van der Waals surface area contributed by atoms with Gasteiger partial charge in [-0.25, -0.2) is 0 Å². The third-order valence-electron chi connectivity index (χ3n) is 5.51. The number of piperidine rings is 1. The van der Waals surface area contributed by atoms with Crippen molar-refractivity contribution in [1.82, 2.24) is 10.2 Å². The highest BCUT2D eigenvalue weighted by atomic mass is 35.5. The SMILES string of the molecule is CC(C)(Cc1ccccc1)C(=O)N1CCC2(CCNC2)CC1.Cl. The summed E-state index contributed by atoms with van der Waals surface area (Å²) in [6, 6.07) is 10.4. The number of carbonyl (C=O) groups excluding carboxylic acids is 1. The number of carbonyl (C=O) groups is 1. The lowest BCUT2D eigenvalue weighted by atomic mass is 9.76. The van der Waals surface area contributed by atoms with Crippen LogP contribution < -0.4 is 5.32 Å². The van der Waals surface area contributed by atoms with Crippen molar-refractivity contribution in [2.75, 3.05) is 26.2 Å². The molecule has 2 aliphatic rings. The average molecular weight is 337 g/mol. The number of rotatable bonds is 3. The van der Waals surface area contributed by atoms with Crippen LogP contribution in [-0.4, -0.2) is 37.0 Å². The van der Waals surface area contributed by atoms with Crippen molar-refractivity contribution in [3.8, 4) is 0 Å². The van der Waals surface area contributed by atoms with Gasteiger partial charge in [0, 0.05) is 25.0 Å². The maximum Gasteiger partial charge on any atom is 0.228 e. The maximum absolute atomic E-state index is 12.9. The molecule has 1 amide bonds. The minimum Gasteiger partial charge on any atom is -0.342 e. The van der Waals surface area contributed by atoms with Crippen molar-refractivity contribution in [2.45, 2.75) is 39.5 Å². The van der Waals surface area contributed by atoms with Gasteiger partial charge in [0.2, 0.25) is 5.91 Å². The molecule has 0 aliphatic carbocycles. The molecule has 2 saturated heterocycles. The van der Waals surface area contributed by atoms with Crippen LogP contribution in [0.25, 0.3) is 0 Å². The quantitative estimate of drug-likeness (QED) is 0.918. The van der Waals surface area contributed by atoms with Gasteiger partial charge in [0.05, 0.1) is 0 Å². The number of nitrogens with zero attached hydrogens (tertiary/aromatic N) is 1. The summed E-state index contributed by atoms with van der Waals surface area (Å²) >= 11 is 0. The molecule has 0 saturated carbocycles. The van der Waals surface area contributed by atoms with Crippen molar-refractivity contribution in [2.24, 2.45) is 10.8 Å². The number of likely N-dealkylation sites (tertiary alicyclic amines) is 1. The van der Waals surface area contributed by atoms with Gasteiger partial charge in [0.15, 0.2) is 0 Å². The Morgan fingerprint density at radius 3 is 2.39 bits per heavy atom. The predicted molar refractivity (Wildman–Crippen MR) is 96.9 cm³/mol. The number of hydrogen-bond acceptors (Lipinski definition) is 2. The highest BCUT2D eigenvalue weighted by Crippen LogP contribution is 2.38. The molecule has 3 rings (SSSR count). The number of halogens is 1. The lowest BCUT2D eigenvalue weighted by Gasteiger charge is -2.41. The fourth-order valence-corrected chi connectivity index (χ4v) is 4.02. The molecule has 0 atom stereocenters. The van der Waals surface area contributed by atoms with E-state index < -0.39 is 0 Å². The molecule has 1 aromatic rings. The average Bonchev–Trinajstić information content (AvgIpc) is 2.96. The smallest absolute Gasteiger partial charge is 0.228 e. The van der Waals surface area contributed by atoms with E-state index in [9.17, 15) is 4.79 Å². The topological polar surface area (TPSA) is 32.3 Å². The molecule has 23 heavy (non-hydrogen) atoms. The van der Waals surface area contributed by atoms with Crippen LogP contribution in [0.15, 0.2) is 30.3 Å². The van der Waals surface area contributed by atoms with E-state index >= 15 is 0 Å².